The van der Waals surface area contributed by atoms with Gasteiger partial charge in [-0.05, 0) is 41.8 Å². The Hall–Kier alpha value is -1.81. The maximum atomic E-state index is 12.8. The van der Waals surface area contributed by atoms with Gasteiger partial charge < -0.3 is 5.32 Å². The molecule has 0 atom stereocenters. The largest absolute Gasteiger partial charge is 0.416 e. The van der Waals surface area contributed by atoms with Crippen LogP contribution in [0.3, 0.4) is 0 Å². The molecule has 0 amide bonds. The lowest BCUT2D eigenvalue weighted by molar-refractivity contribution is -0.137. The third kappa shape index (κ3) is 4.08. The maximum Gasteiger partial charge on any atom is 0.416 e. The summed E-state index contributed by atoms with van der Waals surface area (Å²) in [4.78, 5) is 0. The molecule has 4 heteroatoms. The Bertz CT molecular complexity index is 591. The molecule has 2 rings (SSSR count). The number of hydrogen-bond donors (Lipinski definition) is 1. The lowest BCUT2D eigenvalue weighted by Crippen LogP contribution is -2.14. The smallest absolute Gasteiger partial charge is 0.313 e. The highest BCUT2D eigenvalue weighted by Crippen LogP contribution is 2.33. The summed E-state index contributed by atoms with van der Waals surface area (Å²) in [6.07, 6.45) is -3.29. The molecule has 0 aliphatic carbocycles. The van der Waals surface area contributed by atoms with E-state index in [9.17, 15) is 13.2 Å². The number of rotatable bonds is 5. The van der Waals surface area contributed by atoms with Crippen LogP contribution < -0.4 is 5.32 Å². The summed E-state index contributed by atoms with van der Waals surface area (Å²) in [5.74, 6) is 0. The van der Waals surface area contributed by atoms with Crippen LogP contribution in [-0.4, -0.2) is 6.54 Å². The first-order valence-electron chi connectivity index (χ1n) is 6.98. The third-order valence-corrected chi connectivity index (χ3v) is 3.26. The second kappa shape index (κ2) is 6.76. The van der Waals surface area contributed by atoms with Gasteiger partial charge >= 0.3 is 6.18 Å². The Morgan fingerprint density at radius 2 is 1.76 bits per heavy atom. The molecule has 2 aromatic carbocycles. The molecule has 1 N–H and O–H groups in total. The summed E-state index contributed by atoms with van der Waals surface area (Å²) in [5.41, 5.74) is 1.83. The van der Waals surface area contributed by atoms with Gasteiger partial charge in [0.25, 0.3) is 0 Å². The minimum absolute atomic E-state index is 0.596. The zero-order valence-corrected chi connectivity index (χ0v) is 11.9. The van der Waals surface area contributed by atoms with E-state index in [1.165, 1.54) is 12.1 Å². The molecule has 0 aliphatic rings. The molecule has 0 aliphatic heterocycles. The van der Waals surface area contributed by atoms with Gasteiger partial charge in [-0.3, -0.25) is 0 Å². The van der Waals surface area contributed by atoms with Crippen molar-refractivity contribution in [3.63, 3.8) is 0 Å². The Kier molecular flexibility index (Phi) is 5.02. The second-order valence-corrected chi connectivity index (χ2v) is 4.91. The lowest BCUT2D eigenvalue weighted by atomic mass is 9.98. The van der Waals surface area contributed by atoms with Crippen molar-refractivity contribution in [1.82, 2.24) is 5.32 Å². The van der Waals surface area contributed by atoms with E-state index < -0.39 is 11.7 Å². The highest BCUT2D eigenvalue weighted by atomic mass is 19.4. The molecule has 0 unspecified atom stereocenters. The molecule has 0 fully saturated rings. The monoisotopic (exact) mass is 293 g/mol. The first-order valence-corrected chi connectivity index (χ1v) is 6.98. The van der Waals surface area contributed by atoms with Crippen LogP contribution in [0.25, 0.3) is 11.1 Å². The molecule has 0 spiro atoms. The predicted molar refractivity (Wildman–Crippen MR) is 78.9 cm³/mol. The Balaban J connectivity index is 2.33. The fraction of sp³-hybridized carbons (Fsp3) is 0.294. The SMILES string of the molecule is CCCNCc1ccccc1-c1cccc(C(F)(F)F)c1. The molecule has 0 radical (unpaired) electrons. The summed E-state index contributed by atoms with van der Waals surface area (Å²) in [7, 11) is 0. The Labute approximate surface area is 122 Å². The van der Waals surface area contributed by atoms with Crippen molar-refractivity contribution >= 4 is 0 Å². The van der Waals surface area contributed by atoms with Crippen molar-refractivity contribution in [2.75, 3.05) is 6.54 Å². The molecular formula is C17H18F3N. The summed E-state index contributed by atoms with van der Waals surface area (Å²) >= 11 is 0. The minimum Gasteiger partial charge on any atom is -0.313 e. The van der Waals surface area contributed by atoms with Gasteiger partial charge in [-0.25, -0.2) is 0 Å². The first-order chi connectivity index (χ1) is 10.0. The average Bonchev–Trinajstić information content (AvgIpc) is 2.47. The van der Waals surface area contributed by atoms with Crippen LogP contribution in [0.2, 0.25) is 0 Å². The predicted octanol–water partition coefficient (Wildman–Crippen LogP) is 4.87. The van der Waals surface area contributed by atoms with Crippen LogP contribution in [0.15, 0.2) is 48.5 Å². The Morgan fingerprint density at radius 1 is 1.00 bits per heavy atom. The molecule has 0 aromatic heterocycles. The number of benzene rings is 2. The minimum atomic E-state index is -4.31. The normalized spacial score (nSPS) is 11.6. The second-order valence-electron chi connectivity index (χ2n) is 4.91. The fourth-order valence-electron chi connectivity index (χ4n) is 2.22. The van der Waals surface area contributed by atoms with Crippen LogP contribution in [0.5, 0.6) is 0 Å². The Morgan fingerprint density at radius 3 is 2.48 bits per heavy atom. The van der Waals surface area contributed by atoms with E-state index in [1.807, 2.05) is 24.3 Å². The molecule has 21 heavy (non-hydrogen) atoms. The molecule has 2 aromatic rings. The van der Waals surface area contributed by atoms with Crippen LogP contribution >= 0.6 is 0 Å². The molecule has 1 nitrogen and oxygen atoms in total. The lowest BCUT2D eigenvalue weighted by Gasteiger charge is -2.13. The fourth-order valence-corrected chi connectivity index (χ4v) is 2.22. The van der Waals surface area contributed by atoms with Crippen molar-refractivity contribution in [2.45, 2.75) is 26.1 Å². The first kappa shape index (κ1) is 15.6. The molecule has 0 saturated heterocycles. The van der Waals surface area contributed by atoms with Gasteiger partial charge in [-0.2, -0.15) is 13.2 Å². The molecule has 112 valence electrons. The van der Waals surface area contributed by atoms with E-state index in [0.717, 1.165) is 30.2 Å². The van der Waals surface area contributed by atoms with Gasteiger partial charge in [0.1, 0.15) is 0 Å². The zero-order chi connectivity index (χ0) is 15.3. The van der Waals surface area contributed by atoms with Crippen LogP contribution in [-0.2, 0) is 12.7 Å². The van der Waals surface area contributed by atoms with Crippen LogP contribution in [0.1, 0.15) is 24.5 Å². The highest BCUT2D eigenvalue weighted by Gasteiger charge is 2.30. The zero-order valence-electron chi connectivity index (χ0n) is 11.9. The standard InChI is InChI=1S/C17H18F3N/c1-2-10-21-12-14-6-3-4-9-16(14)13-7-5-8-15(11-13)17(18,19)20/h3-9,11,21H,2,10,12H2,1H3. The molecule has 0 heterocycles. The number of halogens is 3. The van der Waals surface area contributed by atoms with E-state index in [1.54, 1.807) is 6.07 Å². The van der Waals surface area contributed by atoms with Crippen molar-refractivity contribution in [3.05, 3.63) is 59.7 Å². The van der Waals surface area contributed by atoms with E-state index in [4.69, 9.17) is 0 Å². The topological polar surface area (TPSA) is 12.0 Å². The van der Waals surface area contributed by atoms with E-state index in [2.05, 4.69) is 12.2 Å². The maximum absolute atomic E-state index is 12.8. The number of alkyl halides is 3. The van der Waals surface area contributed by atoms with Crippen LogP contribution in [0.4, 0.5) is 13.2 Å². The van der Waals surface area contributed by atoms with Crippen molar-refractivity contribution in [2.24, 2.45) is 0 Å². The van der Waals surface area contributed by atoms with Gasteiger partial charge in [0.05, 0.1) is 5.56 Å². The van der Waals surface area contributed by atoms with Crippen molar-refractivity contribution in [3.8, 4) is 11.1 Å². The quantitative estimate of drug-likeness (QED) is 0.775. The third-order valence-electron chi connectivity index (χ3n) is 3.26. The summed E-state index contributed by atoms with van der Waals surface area (Å²) in [6.45, 7) is 3.61. The van der Waals surface area contributed by atoms with Gasteiger partial charge in [-0.1, -0.05) is 43.3 Å². The summed E-state index contributed by atoms with van der Waals surface area (Å²) in [5, 5.41) is 3.28. The van der Waals surface area contributed by atoms with Crippen LogP contribution in [0, 0.1) is 0 Å². The summed E-state index contributed by atoms with van der Waals surface area (Å²) in [6, 6.07) is 13.0. The van der Waals surface area contributed by atoms with Gasteiger partial charge in [0.2, 0.25) is 0 Å². The molecule has 0 saturated carbocycles. The number of nitrogens with one attached hydrogen (secondary N) is 1. The van der Waals surface area contributed by atoms with E-state index in [-0.39, 0.29) is 0 Å². The summed E-state index contributed by atoms with van der Waals surface area (Å²) < 4.78 is 38.5. The van der Waals surface area contributed by atoms with E-state index in [0.29, 0.717) is 12.1 Å². The molecular weight excluding hydrogens is 275 g/mol. The number of hydrogen-bond acceptors (Lipinski definition) is 1. The molecule has 0 bridgehead atoms. The average molecular weight is 293 g/mol. The highest BCUT2D eigenvalue weighted by molar-refractivity contribution is 5.68. The van der Waals surface area contributed by atoms with Gasteiger partial charge in [0.15, 0.2) is 0 Å². The van der Waals surface area contributed by atoms with Gasteiger partial charge in [-0.15, -0.1) is 0 Å². The van der Waals surface area contributed by atoms with Crippen molar-refractivity contribution in [1.29, 1.82) is 0 Å². The van der Waals surface area contributed by atoms with Gasteiger partial charge in [0, 0.05) is 6.54 Å². The van der Waals surface area contributed by atoms with Crippen molar-refractivity contribution < 1.29 is 13.2 Å². The van der Waals surface area contributed by atoms with E-state index >= 15 is 0 Å².